The highest BCUT2D eigenvalue weighted by Crippen LogP contribution is 2.39. The van der Waals surface area contributed by atoms with Crippen LogP contribution in [0.4, 0.5) is 4.39 Å². The highest BCUT2D eigenvalue weighted by molar-refractivity contribution is 5.60. The first-order valence-corrected chi connectivity index (χ1v) is 8.77. The molecule has 1 N–H and O–H groups in total. The molecule has 0 spiro atoms. The predicted molar refractivity (Wildman–Crippen MR) is 101 cm³/mol. The Morgan fingerprint density at radius 3 is 2.62 bits per heavy atom. The number of rotatable bonds is 3. The summed E-state index contributed by atoms with van der Waals surface area (Å²) < 4.78 is 15.0. The fourth-order valence-electron chi connectivity index (χ4n) is 3.78. The number of halogens is 1. The van der Waals surface area contributed by atoms with E-state index in [-0.39, 0.29) is 11.2 Å². The summed E-state index contributed by atoms with van der Waals surface area (Å²) in [7, 11) is 0. The minimum absolute atomic E-state index is 0.211. The molecule has 4 rings (SSSR count). The topological polar surface area (TPSA) is 38.1 Å². The molecule has 0 saturated heterocycles. The molecule has 0 radical (unpaired) electrons. The lowest BCUT2D eigenvalue weighted by atomic mass is 9.72. The van der Waals surface area contributed by atoms with E-state index in [1.54, 1.807) is 19.1 Å². The van der Waals surface area contributed by atoms with Crippen molar-refractivity contribution in [2.24, 2.45) is 0 Å². The Bertz CT molecular complexity index is 972. The molecule has 2 atom stereocenters. The van der Waals surface area contributed by atoms with E-state index in [0.717, 1.165) is 34.5 Å². The minimum Gasteiger partial charge on any atom is -0.389 e. The summed E-state index contributed by atoms with van der Waals surface area (Å²) in [5.74, 6) is -0.257. The zero-order valence-electron chi connectivity index (χ0n) is 14.9. The van der Waals surface area contributed by atoms with Crippen molar-refractivity contribution >= 4 is 6.08 Å². The molecule has 1 aliphatic carbocycles. The van der Waals surface area contributed by atoms with Crippen molar-refractivity contribution in [3.8, 4) is 5.69 Å². The van der Waals surface area contributed by atoms with Gasteiger partial charge in [-0.1, -0.05) is 37.3 Å². The number of benzene rings is 2. The third-order valence-corrected chi connectivity index (χ3v) is 5.15. The fourth-order valence-corrected chi connectivity index (χ4v) is 3.78. The smallest absolute Gasteiger partial charge is 0.123 e. The quantitative estimate of drug-likeness (QED) is 0.752. The standard InChI is InChI=1S/C22H21FN2O/c1-15(26)19-5-3-4-6-20(19)22(2)12-11-21-16(13-22)14-24-25(21)18-9-7-17(23)8-10-18/h3-12,14-15,26H,13H2,1-2H3. The lowest BCUT2D eigenvalue weighted by Crippen LogP contribution is -2.27. The van der Waals surface area contributed by atoms with Crippen LogP contribution in [0.1, 0.15) is 42.3 Å². The Balaban J connectivity index is 1.74. The second-order valence-corrected chi connectivity index (χ2v) is 7.13. The Morgan fingerprint density at radius 2 is 1.88 bits per heavy atom. The van der Waals surface area contributed by atoms with E-state index >= 15 is 0 Å². The predicted octanol–water partition coefficient (Wildman–Crippen LogP) is 4.59. The number of fused-ring (bicyclic) bond motifs is 1. The maximum absolute atomic E-state index is 13.2. The second-order valence-electron chi connectivity index (χ2n) is 7.13. The average molecular weight is 348 g/mol. The van der Waals surface area contributed by atoms with E-state index in [1.165, 1.54) is 12.1 Å². The first-order chi connectivity index (χ1) is 12.5. The second kappa shape index (κ2) is 6.22. The van der Waals surface area contributed by atoms with Crippen molar-refractivity contribution in [2.45, 2.75) is 31.8 Å². The van der Waals surface area contributed by atoms with Crippen molar-refractivity contribution in [2.75, 3.05) is 0 Å². The van der Waals surface area contributed by atoms with E-state index in [1.807, 2.05) is 29.1 Å². The highest BCUT2D eigenvalue weighted by Gasteiger charge is 2.32. The molecular weight excluding hydrogens is 327 g/mol. The molecule has 1 heterocycles. The van der Waals surface area contributed by atoms with Crippen LogP contribution in [0.15, 0.2) is 60.8 Å². The number of hydrogen-bond acceptors (Lipinski definition) is 2. The van der Waals surface area contributed by atoms with E-state index in [2.05, 4.69) is 30.2 Å². The number of aromatic nitrogens is 2. The van der Waals surface area contributed by atoms with E-state index in [4.69, 9.17) is 0 Å². The molecule has 0 aliphatic heterocycles. The van der Waals surface area contributed by atoms with Gasteiger partial charge in [0.2, 0.25) is 0 Å². The summed E-state index contributed by atoms with van der Waals surface area (Å²) in [6.45, 7) is 3.98. The molecule has 0 saturated carbocycles. The molecule has 1 aliphatic rings. The molecule has 1 aromatic heterocycles. The molecule has 3 nitrogen and oxygen atoms in total. The van der Waals surface area contributed by atoms with Crippen LogP contribution in [0.5, 0.6) is 0 Å². The van der Waals surface area contributed by atoms with Gasteiger partial charge in [-0.15, -0.1) is 0 Å². The summed E-state index contributed by atoms with van der Waals surface area (Å²) in [5.41, 5.74) is 4.87. The Kier molecular flexibility index (Phi) is 4.00. The number of hydrogen-bond donors (Lipinski definition) is 1. The van der Waals surface area contributed by atoms with Crippen LogP contribution in [-0.4, -0.2) is 14.9 Å². The van der Waals surface area contributed by atoms with Crippen LogP contribution >= 0.6 is 0 Å². The van der Waals surface area contributed by atoms with Gasteiger partial charge in [0.15, 0.2) is 0 Å². The largest absolute Gasteiger partial charge is 0.389 e. The van der Waals surface area contributed by atoms with Crippen LogP contribution in [0.25, 0.3) is 11.8 Å². The van der Waals surface area contributed by atoms with E-state index in [9.17, 15) is 9.50 Å². The summed E-state index contributed by atoms with van der Waals surface area (Å²) in [4.78, 5) is 0. The maximum atomic E-state index is 13.2. The monoisotopic (exact) mass is 348 g/mol. The zero-order chi connectivity index (χ0) is 18.3. The Hall–Kier alpha value is -2.72. The van der Waals surface area contributed by atoms with Gasteiger partial charge < -0.3 is 5.11 Å². The summed E-state index contributed by atoms with van der Waals surface area (Å²) in [6, 6.07) is 14.4. The van der Waals surface area contributed by atoms with Gasteiger partial charge in [0.1, 0.15) is 5.82 Å². The molecule has 0 amide bonds. The van der Waals surface area contributed by atoms with Crippen LogP contribution in [-0.2, 0) is 11.8 Å². The van der Waals surface area contributed by atoms with Gasteiger partial charge in [0, 0.05) is 5.41 Å². The van der Waals surface area contributed by atoms with Gasteiger partial charge in [0.25, 0.3) is 0 Å². The zero-order valence-corrected chi connectivity index (χ0v) is 14.9. The average Bonchev–Trinajstić information content (AvgIpc) is 3.05. The van der Waals surface area contributed by atoms with Crippen LogP contribution in [0, 0.1) is 5.82 Å². The van der Waals surface area contributed by atoms with Crippen molar-refractivity contribution < 1.29 is 9.50 Å². The van der Waals surface area contributed by atoms with Crippen molar-refractivity contribution in [3.63, 3.8) is 0 Å². The van der Waals surface area contributed by atoms with Gasteiger partial charge in [-0.25, -0.2) is 9.07 Å². The van der Waals surface area contributed by atoms with Gasteiger partial charge in [-0.2, -0.15) is 5.10 Å². The van der Waals surface area contributed by atoms with Crippen molar-refractivity contribution in [1.29, 1.82) is 0 Å². The summed E-state index contributed by atoms with van der Waals surface area (Å²) in [5, 5.41) is 14.7. The number of allylic oxidation sites excluding steroid dienone is 1. The molecule has 132 valence electrons. The van der Waals surface area contributed by atoms with Gasteiger partial charge >= 0.3 is 0 Å². The van der Waals surface area contributed by atoms with Crippen LogP contribution in [0.3, 0.4) is 0 Å². The molecule has 0 fully saturated rings. The summed E-state index contributed by atoms with van der Waals surface area (Å²) in [6.07, 6.45) is 6.42. The van der Waals surface area contributed by atoms with Crippen molar-refractivity contribution in [3.05, 3.63) is 89.0 Å². The van der Waals surface area contributed by atoms with E-state index in [0.29, 0.717) is 0 Å². The molecule has 3 aromatic rings. The molecule has 2 unspecified atom stereocenters. The van der Waals surface area contributed by atoms with Gasteiger partial charge in [0.05, 0.1) is 23.7 Å². The van der Waals surface area contributed by atoms with Crippen LogP contribution < -0.4 is 0 Å². The lowest BCUT2D eigenvalue weighted by molar-refractivity contribution is 0.197. The van der Waals surface area contributed by atoms with Gasteiger partial charge in [-0.3, -0.25) is 0 Å². The minimum atomic E-state index is -0.514. The molecular formula is C22H21FN2O. The first kappa shape index (κ1) is 16.7. The molecule has 2 aromatic carbocycles. The fraction of sp³-hybridized carbons (Fsp3) is 0.227. The van der Waals surface area contributed by atoms with E-state index < -0.39 is 6.10 Å². The lowest BCUT2D eigenvalue weighted by Gasteiger charge is -2.32. The third kappa shape index (κ3) is 2.76. The van der Waals surface area contributed by atoms with Crippen molar-refractivity contribution in [1.82, 2.24) is 9.78 Å². The molecule has 4 heteroatoms. The Morgan fingerprint density at radius 1 is 1.15 bits per heavy atom. The number of nitrogens with zero attached hydrogens (tertiary/aromatic N) is 2. The normalized spacial score (nSPS) is 20.0. The summed E-state index contributed by atoms with van der Waals surface area (Å²) >= 11 is 0. The van der Waals surface area contributed by atoms with Gasteiger partial charge in [-0.05, 0) is 60.4 Å². The Labute approximate surface area is 152 Å². The molecule has 0 bridgehead atoms. The van der Waals surface area contributed by atoms with Crippen LogP contribution in [0.2, 0.25) is 0 Å². The number of aliphatic hydroxyl groups is 1. The SMILES string of the molecule is CC(O)c1ccccc1C1(C)C=Cc2c(cnn2-c2ccc(F)cc2)C1. The molecule has 26 heavy (non-hydrogen) atoms. The first-order valence-electron chi connectivity index (χ1n) is 8.77. The maximum Gasteiger partial charge on any atom is 0.123 e. The number of aliphatic hydroxyl groups excluding tert-OH is 1. The highest BCUT2D eigenvalue weighted by atomic mass is 19.1. The third-order valence-electron chi connectivity index (χ3n) is 5.15.